The number of nitrogen functional groups attached to an aromatic ring is 1. The maximum Gasteiger partial charge on any atom is 0.254 e. The number of nitrogens with two attached hydrogens (primary N) is 2. The third-order valence-corrected chi connectivity index (χ3v) is 4.69. The summed E-state index contributed by atoms with van der Waals surface area (Å²) in [5, 5.41) is 10.2. The topological polar surface area (TPSA) is 120 Å². The summed E-state index contributed by atoms with van der Waals surface area (Å²) in [6.45, 7) is 5.56. The minimum absolute atomic E-state index is 0.0246. The normalized spacial score (nSPS) is 18.2. The van der Waals surface area contributed by atoms with E-state index in [9.17, 15) is 9.90 Å². The van der Waals surface area contributed by atoms with Gasteiger partial charge in [0.1, 0.15) is 27.7 Å². The van der Waals surface area contributed by atoms with E-state index in [0.29, 0.717) is 34.7 Å². The number of hydrogen-bond acceptors (Lipinski definition) is 5. The van der Waals surface area contributed by atoms with Gasteiger partial charge in [0.25, 0.3) is 5.91 Å². The number of primary amides is 1. The van der Waals surface area contributed by atoms with Crippen LogP contribution in [0.4, 0.5) is 5.82 Å². The predicted octanol–water partition coefficient (Wildman–Crippen LogP) is 2.62. The lowest BCUT2D eigenvalue weighted by Gasteiger charge is -2.23. The second kappa shape index (κ2) is 5.52. The number of aliphatic hydroxyl groups is 1. The molecule has 0 saturated heterocycles. The Morgan fingerprint density at radius 2 is 2.00 bits per heavy atom. The van der Waals surface area contributed by atoms with Crippen molar-refractivity contribution in [2.75, 3.05) is 5.73 Å². The molecule has 1 aliphatic carbocycles. The Morgan fingerprint density at radius 3 is 2.62 bits per heavy atom. The van der Waals surface area contributed by atoms with Crippen LogP contribution in [0, 0.1) is 19.8 Å². The van der Waals surface area contributed by atoms with E-state index < -0.39 is 5.91 Å². The van der Waals surface area contributed by atoms with Gasteiger partial charge in [0.2, 0.25) is 0 Å². The Labute approximate surface area is 143 Å². The summed E-state index contributed by atoms with van der Waals surface area (Å²) >= 11 is 6.32. The van der Waals surface area contributed by atoms with E-state index in [2.05, 4.69) is 9.97 Å². The molecule has 1 unspecified atom stereocenters. The number of anilines is 1. The predicted molar refractivity (Wildman–Crippen MR) is 93.5 cm³/mol. The van der Waals surface area contributed by atoms with E-state index in [1.54, 1.807) is 17.6 Å². The van der Waals surface area contributed by atoms with Crippen molar-refractivity contribution in [1.82, 2.24) is 14.5 Å². The lowest BCUT2D eigenvalue weighted by atomic mass is 9.97. The molecule has 5 N–H and O–H groups in total. The molecule has 0 aliphatic heterocycles. The van der Waals surface area contributed by atoms with Crippen LogP contribution in [0.5, 0.6) is 0 Å². The van der Waals surface area contributed by atoms with Crippen LogP contribution in [-0.4, -0.2) is 25.5 Å². The highest BCUT2D eigenvalue weighted by Gasteiger charge is 2.29. The van der Waals surface area contributed by atoms with Crippen LogP contribution in [-0.2, 0) is 0 Å². The van der Waals surface area contributed by atoms with Gasteiger partial charge in [-0.15, -0.1) is 0 Å². The zero-order valence-corrected chi connectivity index (χ0v) is 14.3. The van der Waals surface area contributed by atoms with Gasteiger partial charge in [-0.2, -0.15) is 0 Å². The summed E-state index contributed by atoms with van der Waals surface area (Å²) in [5.41, 5.74) is 14.5. The minimum atomic E-state index is -0.686. The Hall–Kier alpha value is -2.54. The van der Waals surface area contributed by atoms with E-state index in [0.717, 1.165) is 0 Å². The van der Waals surface area contributed by atoms with Crippen molar-refractivity contribution < 1.29 is 9.90 Å². The van der Waals surface area contributed by atoms with Gasteiger partial charge < -0.3 is 16.6 Å². The lowest BCUT2D eigenvalue weighted by molar-refractivity contribution is 0.100. The van der Waals surface area contributed by atoms with Crippen molar-refractivity contribution in [3.8, 4) is 0 Å². The van der Waals surface area contributed by atoms with Crippen LogP contribution in [0.25, 0.3) is 16.9 Å². The molecule has 1 aliphatic rings. The number of aryl methyl sites for hydroxylation is 2. The molecular weight excluding hydrogens is 330 g/mol. The van der Waals surface area contributed by atoms with E-state index in [1.807, 2.05) is 13.8 Å². The van der Waals surface area contributed by atoms with Gasteiger partial charge in [0.15, 0.2) is 5.65 Å². The first kappa shape index (κ1) is 16.3. The zero-order valence-electron chi connectivity index (χ0n) is 13.6. The summed E-state index contributed by atoms with van der Waals surface area (Å²) in [5.74, 6) is -0.621. The highest BCUT2D eigenvalue weighted by molar-refractivity contribution is 6.34. The average molecular weight is 348 g/mol. The molecule has 7 nitrogen and oxygen atoms in total. The molecule has 0 spiro atoms. The molecule has 0 bridgehead atoms. The van der Waals surface area contributed by atoms with Crippen molar-refractivity contribution >= 4 is 40.2 Å². The van der Waals surface area contributed by atoms with Gasteiger partial charge in [-0.3, -0.25) is 9.36 Å². The van der Waals surface area contributed by atoms with Gasteiger partial charge in [-0.1, -0.05) is 18.5 Å². The van der Waals surface area contributed by atoms with Crippen LogP contribution in [0.15, 0.2) is 16.9 Å². The molecule has 2 aromatic heterocycles. The third kappa shape index (κ3) is 2.24. The van der Waals surface area contributed by atoms with Crippen molar-refractivity contribution in [3.05, 3.63) is 33.8 Å². The number of aromatic nitrogens is 3. The maximum atomic E-state index is 11.9. The number of carbonyl (C=O) groups excluding carboxylic acids is 1. The van der Waals surface area contributed by atoms with E-state index in [4.69, 9.17) is 23.1 Å². The summed E-state index contributed by atoms with van der Waals surface area (Å²) in [6.07, 6.45) is 2.23. The molecule has 1 amide bonds. The van der Waals surface area contributed by atoms with E-state index in [-0.39, 0.29) is 28.1 Å². The lowest BCUT2D eigenvalue weighted by Crippen LogP contribution is -2.17. The van der Waals surface area contributed by atoms with E-state index in [1.165, 1.54) is 0 Å². The molecule has 0 saturated carbocycles. The molecule has 1 atom stereocenters. The number of rotatable bonds is 2. The molecule has 0 aromatic carbocycles. The highest BCUT2D eigenvalue weighted by atomic mass is 35.5. The smallest absolute Gasteiger partial charge is 0.254 e. The van der Waals surface area contributed by atoms with Crippen LogP contribution in [0.2, 0.25) is 0 Å². The van der Waals surface area contributed by atoms with Crippen molar-refractivity contribution in [3.63, 3.8) is 0 Å². The first-order valence-electron chi connectivity index (χ1n) is 7.48. The number of allylic oxidation sites excluding steroid dienone is 3. The maximum absolute atomic E-state index is 11.9. The number of hydrogen-bond donors (Lipinski definition) is 3. The summed E-state index contributed by atoms with van der Waals surface area (Å²) in [4.78, 5) is 20.9. The molecule has 8 heteroatoms. The largest absolute Gasteiger partial charge is 0.507 e. The van der Waals surface area contributed by atoms with Gasteiger partial charge in [-0.25, -0.2) is 9.97 Å². The van der Waals surface area contributed by atoms with Gasteiger partial charge in [0, 0.05) is 5.92 Å². The van der Waals surface area contributed by atoms with Crippen LogP contribution >= 0.6 is 11.6 Å². The third-order valence-electron chi connectivity index (χ3n) is 4.30. The van der Waals surface area contributed by atoms with Crippen molar-refractivity contribution in [2.45, 2.75) is 27.2 Å². The molecule has 126 valence electrons. The number of fused-ring (bicyclic) bond motifs is 1. The van der Waals surface area contributed by atoms with Gasteiger partial charge >= 0.3 is 0 Å². The quantitative estimate of drug-likeness (QED) is 0.771. The summed E-state index contributed by atoms with van der Waals surface area (Å²) < 4.78 is 1.57. The summed E-state index contributed by atoms with van der Waals surface area (Å²) in [6, 6.07) is 0. The Kier molecular flexibility index (Phi) is 3.76. The molecule has 0 fully saturated rings. The molecule has 0 radical (unpaired) electrons. The number of halogens is 1. The van der Waals surface area contributed by atoms with Gasteiger partial charge in [0.05, 0.1) is 17.1 Å². The summed E-state index contributed by atoms with van der Waals surface area (Å²) in [7, 11) is 0. The average Bonchev–Trinajstić information content (AvgIpc) is 2.77. The second-order valence-electron chi connectivity index (χ2n) is 5.95. The van der Waals surface area contributed by atoms with Crippen LogP contribution in [0.3, 0.4) is 0 Å². The molecule has 3 rings (SSSR count). The number of carbonyl (C=O) groups is 1. The molecule has 2 heterocycles. The number of amides is 1. The first-order chi connectivity index (χ1) is 11.2. The fourth-order valence-corrected chi connectivity index (χ4v) is 3.25. The molecule has 24 heavy (non-hydrogen) atoms. The van der Waals surface area contributed by atoms with Crippen molar-refractivity contribution in [2.24, 2.45) is 11.7 Å². The Bertz CT molecular complexity index is 942. The van der Waals surface area contributed by atoms with Crippen molar-refractivity contribution in [1.29, 1.82) is 0 Å². The minimum Gasteiger partial charge on any atom is -0.507 e. The monoisotopic (exact) mass is 347 g/mol. The second-order valence-corrected chi connectivity index (χ2v) is 6.33. The van der Waals surface area contributed by atoms with Crippen LogP contribution in [0.1, 0.15) is 35.1 Å². The number of aliphatic hydroxyl groups excluding tert-OH is 1. The Balaban J connectivity index is 2.47. The van der Waals surface area contributed by atoms with Crippen LogP contribution < -0.4 is 11.5 Å². The van der Waals surface area contributed by atoms with Gasteiger partial charge in [-0.05, 0) is 26.3 Å². The fraction of sp³-hybridized carbons (Fsp3) is 0.312. The Morgan fingerprint density at radius 1 is 1.38 bits per heavy atom. The first-order valence-corrected chi connectivity index (χ1v) is 7.86. The zero-order chi connectivity index (χ0) is 17.8. The highest BCUT2D eigenvalue weighted by Crippen LogP contribution is 2.39. The fourth-order valence-electron chi connectivity index (χ4n) is 2.90. The molecule has 2 aromatic rings. The number of nitrogens with zero attached hydrogens (tertiary/aromatic N) is 3. The molecular formula is C16H18ClN5O2. The SMILES string of the molecule is Cc1nc2c(C(N)=O)c(N)n(C3=C(Cl)C(O)=CCC3C)c2nc1C. The van der Waals surface area contributed by atoms with E-state index >= 15 is 0 Å². The standard InChI is InChI=1S/C16H18ClN5O2/c1-6-4-5-9(23)11(17)13(6)22-14(18)10(15(19)24)12-16(22)21-8(3)7(2)20-12/h5-6,23H,4,18H2,1-3H3,(H2,19,24).